The zero-order chi connectivity index (χ0) is 13.3. The Kier molecular flexibility index (Phi) is 9.09. The molecule has 4 nitrogen and oxygen atoms in total. The van der Waals surface area contributed by atoms with Gasteiger partial charge in [0.15, 0.2) is 0 Å². The number of amides is 1. The van der Waals surface area contributed by atoms with Crippen molar-refractivity contribution in [1.29, 1.82) is 0 Å². The summed E-state index contributed by atoms with van der Waals surface area (Å²) in [6.07, 6.45) is 1.43. The quantitative estimate of drug-likeness (QED) is 0.668. The molecule has 2 N–H and O–H groups in total. The standard InChI is InChI=1S/C13H28N2O2/c1-11(2)9-15(7-5-6-14)13(16)8-12(3)10-17-4/h11-12H,5-10,14H2,1-4H3. The maximum atomic E-state index is 12.1. The highest BCUT2D eigenvalue weighted by Crippen LogP contribution is 2.08. The van der Waals surface area contributed by atoms with E-state index in [2.05, 4.69) is 13.8 Å². The van der Waals surface area contributed by atoms with Gasteiger partial charge in [0.25, 0.3) is 0 Å². The lowest BCUT2D eigenvalue weighted by Gasteiger charge is -2.25. The zero-order valence-electron chi connectivity index (χ0n) is 11.7. The number of rotatable bonds is 9. The Hall–Kier alpha value is -0.610. The summed E-state index contributed by atoms with van der Waals surface area (Å²) in [6, 6.07) is 0. The van der Waals surface area contributed by atoms with Crippen molar-refractivity contribution >= 4 is 5.91 Å². The predicted molar refractivity (Wildman–Crippen MR) is 70.7 cm³/mol. The van der Waals surface area contributed by atoms with Crippen molar-refractivity contribution in [2.24, 2.45) is 17.6 Å². The third kappa shape index (κ3) is 8.16. The molecule has 0 saturated heterocycles. The van der Waals surface area contributed by atoms with Gasteiger partial charge < -0.3 is 15.4 Å². The molecule has 1 amide bonds. The van der Waals surface area contributed by atoms with Gasteiger partial charge in [-0.2, -0.15) is 0 Å². The second kappa shape index (κ2) is 9.42. The Bertz CT molecular complexity index is 208. The van der Waals surface area contributed by atoms with Crippen LogP contribution in [-0.4, -0.2) is 44.2 Å². The number of hydrogen-bond acceptors (Lipinski definition) is 3. The van der Waals surface area contributed by atoms with E-state index in [1.807, 2.05) is 11.8 Å². The summed E-state index contributed by atoms with van der Waals surface area (Å²) in [5.41, 5.74) is 5.50. The maximum Gasteiger partial charge on any atom is 0.222 e. The zero-order valence-corrected chi connectivity index (χ0v) is 11.7. The van der Waals surface area contributed by atoms with Gasteiger partial charge in [-0.1, -0.05) is 20.8 Å². The highest BCUT2D eigenvalue weighted by atomic mass is 16.5. The van der Waals surface area contributed by atoms with Crippen molar-refractivity contribution in [3.05, 3.63) is 0 Å². The molecular formula is C13H28N2O2. The van der Waals surface area contributed by atoms with Gasteiger partial charge in [0.1, 0.15) is 0 Å². The molecule has 17 heavy (non-hydrogen) atoms. The second-order valence-corrected chi connectivity index (χ2v) is 5.14. The fourth-order valence-electron chi connectivity index (χ4n) is 1.81. The van der Waals surface area contributed by atoms with Gasteiger partial charge in [0, 0.05) is 33.2 Å². The Morgan fingerprint density at radius 1 is 1.35 bits per heavy atom. The smallest absolute Gasteiger partial charge is 0.222 e. The van der Waals surface area contributed by atoms with Crippen molar-refractivity contribution in [1.82, 2.24) is 4.90 Å². The summed E-state index contributed by atoms with van der Waals surface area (Å²) in [6.45, 7) is 9.15. The van der Waals surface area contributed by atoms with Crippen LogP contribution in [0.1, 0.15) is 33.6 Å². The molecule has 0 radical (unpaired) electrons. The number of carbonyl (C=O) groups excluding carboxylic acids is 1. The average Bonchev–Trinajstić information content (AvgIpc) is 2.23. The molecule has 0 bridgehead atoms. The Morgan fingerprint density at radius 2 is 2.00 bits per heavy atom. The fraction of sp³-hybridized carbons (Fsp3) is 0.923. The van der Waals surface area contributed by atoms with Gasteiger partial charge in [-0.15, -0.1) is 0 Å². The van der Waals surface area contributed by atoms with Crippen molar-refractivity contribution in [2.75, 3.05) is 33.4 Å². The molecule has 0 aliphatic carbocycles. The van der Waals surface area contributed by atoms with Crippen LogP contribution < -0.4 is 5.73 Å². The normalized spacial score (nSPS) is 12.8. The second-order valence-electron chi connectivity index (χ2n) is 5.14. The fourth-order valence-corrected chi connectivity index (χ4v) is 1.81. The van der Waals surface area contributed by atoms with Gasteiger partial charge in [0.2, 0.25) is 5.91 Å². The van der Waals surface area contributed by atoms with Gasteiger partial charge >= 0.3 is 0 Å². The van der Waals surface area contributed by atoms with Gasteiger partial charge in [0.05, 0.1) is 0 Å². The summed E-state index contributed by atoms with van der Waals surface area (Å²) < 4.78 is 5.06. The van der Waals surface area contributed by atoms with Crippen LogP contribution in [0.15, 0.2) is 0 Å². The molecule has 0 aromatic carbocycles. The molecule has 0 aliphatic rings. The third-order valence-corrected chi connectivity index (χ3v) is 2.54. The molecule has 0 saturated carbocycles. The highest BCUT2D eigenvalue weighted by Gasteiger charge is 2.17. The van der Waals surface area contributed by atoms with E-state index in [0.717, 1.165) is 19.5 Å². The van der Waals surface area contributed by atoms with Crippen molar-refractivity contribution < 1.29 is 9.53 Å². The number of nitrogens with two attached hydrogens (primary N) is 1. The minimum absolute atomic E-state index is 0.219. The van der Waals surface area contributed by atoms with E-state index in [-0.39, 0.29) is 11.8 Å². The molecule has 4 heteroatoms. The van der Waals surface area contributed by atoms with Crippen molar-refractivity contribution in [3.8, 4) is 0 Å². The molecule has 102 valence electrons. The molecule has 0 fully saturated rings. The molecule has 0 aliphatic heterocycles. The van der Waals surface area contributed by atoms with E-state index in [1.54, 1.807) is 7.11 Å². The molecule has 1 atom stereocenters. The number of hydrogen-bond donors (Lipinski definition) is 1. The highest BCUT2D eigenvalue weighted by molar-refractivity contribution is 5.76. The summed E-state index contributed by atoms with van der Waals surface area (Å²) >= 11 is 0. The number of methoxy groups -OCH3 is 1. The monoisotopic (exact) mass is 244 g/mol. The number of nitrogens with zero attached hydrogens (tertiary/aromatic N) is 1. The lowest BCUT2D eigenvalue weighted by atomic mass is 10.1. The van der Waals surface area contributed by atoms with E-state index < -0.39 is 0 Å². The summed E-state index contributed by atoms with van der Waals surface area (Å²) in [4.78, 5) is 14.0. The Morgan fingerprint density at radius 3 is 2.47 bits per heavy atom. The van der Waals surface area contributed by atoms with Crippen LogP contribution in [0, 0.1) is 11.8 Å². The summed E-state index contributed by atoms with van der Waals surface area (Å²) in [5, 5.41) is 0. The minimum atomic E-state index is 0.219. The maximum absolute atomic E-state index is 12.1. The van der Waals surface area contributed by atoms with Gasteiger partial charge in [-0.25, -0.2) is 0 Å². The van der Waals surface area contributed by atoms with E-state index in [0.29, 0.717) is 25.5 Å². The molecule has 1 unspecified atom stereocenters. The number of ether oxygens (including phenoxy) is 1. The van der Waals surface area contributed by atoms with Crippen LogP contribution >= 0.6 is 0 Å². The van der Waals surface area contributed by atoms with Gasteiger partial charge in [-0.3, -0.25) is 4.79 Å². The first-order chi connectivity index (χ1) is 8.01. The predicted octanol–water partition coefficient (Wildman–Crippen LogP) is 1.49. The molecule has 0 heterocycles. The Balaban J connectivity index is 4.20. The minimum Gasteiger partial charge on any atom is -0.384 e. The van der Waals surface area contributed by atoms with E-state index in [1.165, 1.54) is 0 Å². The van der Waals surface area contributed by atoms with Crippen LogP contribution in [-0.2, 0) is 9.53 Å². The molecule has 0 aromatic heterocycles. The average molecular weight is 244 g/mol. The third-order valence-electron chi connectivity index (χ3n) is 2.54. The molecule has 0 spiro atoms. The van der Waals surface area contributed by atoms with E-state index in [4.69, 9.17) is 10.5 Å². The van der Waals surface area contributed by atoms with Crippen molar-refractivity contribution in [2.45, 2.75) is 33.6 Å². The first-order valence-electron chi connectivity index (χ1n) is 6.48. The van der Waals surface area contributed by atoms with Crippen LogP contribution in [0.5, 0.6) is 0 Å². The summed E-state index contributed by atoms with van der Waals surface area (Å²) in [5.74, 6) is 0.992. The summed E-state index contributed by atoms with van der Waals surface area (Å²) in [7, 11) is 1.67. The van der Waals surface area contributed by atoms with Crippen LogP contribution in [0.2, 0.25) is 0 Å². The number of carbonyl (C=O) groups is 1. The largest absolute Gasteiger partial charge is 0.384 e. The van der Waals surface area contributed by atoms with Crippen molar-refractivity contribution in [3.63, 3.8) is 0 Å². The first-order valence-corrected chi connectivity index (χ1v) is 6.48. The molecule has 0 aromatic rings. The topological polar surface area (TPSA) is 55.6 Å². The lowest BCUT2D eigenvalue weighted by Crippen LogP contribution is -2.37. The van der Waals surface area contributed by atoms with Crippen LogP contribution in [0.25, 0.3) is 0 Å². The van der Waals surface area contributed by atoms with E-state index >= 15 is 0 Å². The SMILES string of the molecule is COCC(C)CC(=O)N(CCCN)CC(C)C. The Labute approximate surface area is 105 Å². The van der Waals surface area contributed by atoms with Gasteiger partial charge in [-0.05, 0) is 24.8 Å². The lowest BCUT2D eigenvalue weighted by molar-refractivity contribution is -0.133. The van der Waals surface area contributed by atoms with Crippen LogP contribution in [0.3, 0.4) is 0 Å². The molecular weight excluding hydrogens is 216 g/mol. The van der Waals surface area contributed by atoms with Crippen LogP contribution in [0.4, 0.5) is 0 Å². The first kappa shape index (κ1) is 16.4. The van der Waals surface area contributed by atoms with E-state index in [9.17, 15) is 4.79 Å². The molecule has 0 rings (SSSR count).